The van der Waals surface area contributed by atoms with Crippen molar-refractivity contribution in [3.63, 3.8) is 0 Å². The van der Waals surface area contributed by atoms with Gasteiger partial charge in [0, 0.05) is 43.2 Å². The van der Waals surface area contributed by atoms with E-state index in [1.54, 1.807) is 30.2 Å². The monoisotopic (exact) mass is 457 g/mol. The van der Waals surface area contributed by atoms with Gasteiger partial charge in [-0.15, -0.1) is 11.8 Å². The Morgan fingerprint density at radius 3 is 2.61 bits per heavy atom. The summed E-state index contributed by atoms with van der Waals surface area (Å²) in [4.78, 5) is 22.9. The Labute approximate surface area is 191 Å². The quantitative estimate of drug-likeness (QED) is 0.463. The molecule has 0 atom stereocenters. The zero-order valence-electron chi connectivity index (χ0n) is 17.9. The van der Waals surface area contributed by atoms with E-state index in [1.165, 1.54) is 0 Å². The number of carbonyl (C=O) groups excluding carboxylic acids is 1. The van der Waals surface area contributed by atoms with Crippen molar-refractivity contribution < 1.29 is 14.3 Å². The number of rotatable bonds is 8. The summed E-state index contributed by atoms with van der Waals surface area (Å²) in [6, 6.07) is 14.0. The lowest BCUT2D eigenvalue weighted by Gasteiger charge is -2.34. The van der Waals surface area contributed by atoms with Crippen LogP contribution in [0.4, 0.5) is 5.13 Å². The molecule has 31 heavy (non-hydrogen) atoms. The molecule has 0 spiro atoms. The molecule has 1 aliphatic heterocycles. The fraction of sp³-hybridized carbons (Fsp3) is 0.391. The van der Waals surface area contributed by atoms with E-state index in [1.807, 2.05) is 48.2 Å². The number of nitrogens with zero attached hydrogens (tertiary/aromatic N) is 3. The van der Waals surface area contributed by atoms with Gasteiger partial charge in [0.1, 0.15) is 17.0 Å². The first-order valence-corrected chi connectivity index (χ1v) is 12.3. The Balaban J connectivity index is 1.27. The molecule has 1 aliphatic rings. The van der Waals surface area contributed by atoms with Crippen molar-refractivity contribution in [2.75, 3.05) is 50.5 Å². The predicted molar refractivity (Wildman–Crippen MR) is 128 cm³/mol. The molecule has 164 valence electrons. The van der Waals surface area contributed by atoms with E-state index >= 15 is 0 Å². The zero-order chi connectivity index (χ0) is 21.6. The van der Waals surface area contributed by atoms with Crippen molar-refractivity contribution >= 4 is 44.4 Å². The van der Waals surface area contributed by atoms with Gasteiger partial charge < -0.3 is 19.3 Å². The molecule has 0 aliphatic carbocycles. The number of thiazole rings is 1. The lowest BCUT2D eigenvalue weighted by Crippen LogP contribution is -2.48. The van der Waals surface area contributed by atoms with Crippen LogP contribution >= 0.6 is 23.1 Å². The summed E-state index contributed by atoms with van der Waals surface area (Å²) in [6.45, 7) is 5.70. The average molecular weight is 458 g/mol. The summed E-state index contributed by atoms with van der Waals surface area (Å²) in [5, 5.41) is 1.00. The molecule has 1 aromatic heterocycles. The predicted octanol–water partition coefficient (Wildman–Crippen LogP) is 4.53. The van der Waals surface area contributed by atoms with Gasteiger partial charge in [-0.2, -0.15) is 0 Å². The normalized spacial score (nSPS) is 14.1. The fourth-order valence-electron chi connectivity index (χ4n) is 3.55. The molecular formula is C23H27N3O3S2. The number of aromatic nitrogens is 1. The van der Waals surface area contributed by atoms with Gasteiger partial charge in [-0.1, -0.05) is 17.4 Å². The third-order valence-electron chi connectivity index (χ3n) is 5.22. The summed E-state index contributed by atoms with van der Waals surface area (Å²) in [6.07, 6.45) is 0.551. The number of fused-ring (bicyclic) bond motifs is 1. The number of ether oxygens (including phenoxy) is 2. The van der Waals surface area contributed by atoms with Gasteiger partial charge in [0.05, 0.1) is 18.4 Å². The highest BCUT2D eigenvalue weighted by Crippen LogP contribution is 2.34. The molecule has 8 heteroatoms. The van der Waals surface area contributed by atoms with Crippen LogP contribution in [0, 0.1) is 0 Å². The van der Waals surface area contributed by atoms with E-state index in [4.69, 9.17) is 14.5 Å². The highest BCUT2D eigenvalue weighted by atomic mass is 32.2. The molecule has 1 amide bonds. The second-order valence-electron chi connectivity index (χ2n) is 7.17. The zero-order valence-corrected chi connectivity index (χ0v) is 19.5. The Morgan fingerprint density at radius 1 is 1.13 bits per heavy atom. The van der Waals surface area contributed by atoms with Crippen molar-refractivity contribution in [2.45, 2.75) is 18.2 Å². The van der Waals surface area contributed by atoms with E-state index in [9.17, 15) is 4.79 Å². The first kappa shape index (κ1) is 21.8. The third kappa shape index (κ3) is 5.25. The molecule has 0 radical (unpaired) electrons. The SMILES string of the molecule is CCOc1cccc2sc(N3CCN(C(=O)CCSc4ccc(OC)cc4)CC3)nc12. The molecular weight excluding hydrogens is 430 g/mol. The Morgan fingerprint density at radius 2 is 1.90 bits per heavy atom. The maximum absolute atomic E-state index is 12.6. The number of thioether (sulfide) groups is 1. The Kier molecular flexibility index (Phi) is 7.19. The van der Waals surface area contributed by atoms with Crippen molar-refractivity contribution in [2.24, 2.45) is 0 Å². The minimum absolute atomic E-state index is 0.226. The number of methoxy groups -OCH3 is 1. The van der Waals surface area contributed by atoms with Gasteiger partial charge in [0.15, 0.2) is 5.13 Å². The highest BCUT2D eigenvalue weighted by molar-refractivity contribution is 7.99. The van der Waals surface area contributed by atoms with Crippen molar-refractivity contribution in [3.8, 4) is 11.5 Å². The number of hydrogen-bond acceptors (Lipinski definition) is 7. The van der Waals surface area contributed by atoms with Crippen LogP contribution in [0.5, 0.6) is 11.5 Å². The number of benzene rings is 2. The number of carbonyl (C=O) groups is 1. The van der Waals surface area contributed by atoms with Gasteiger partial charge in [-0.25, -0.2) is 4.98 Å². The lowest BCUT2D eigenvalue weighted by molar-refractivity contribution is -0.131. The van der Waals surface area contributed by atoms with Crippen LogP contribution in [0.2, 0.25) is 0 Å². The first-order chi connectivity index (χ1) is 15.2. The lowest BCUT2D eigenvalue weighted by atomic mass is 10.3. The van der Waals surface area contributed by atoms with Crippen LogP contribution in [0.3, 0.4) is 0 Å². The summed E-state index contributed by atoms with van der Waals surface area (Å²) >= 11 is 3.39. The van der Waals surface area contributed by atoms with E-state index < -0.39 is 0 Å². The van der Waals surface area contributed by atoms with Crippen molar-refractivity contribution in [1.29, 1.82) is 0 Å². The molecule has 0 N–H and O–H groups in total. The van der Waals surface area contributed by atoms with E-state index in [0.717, 1.165) is 63.7 Å². The molecule has 0 bridgehead atoms. The summed E-state index contributed by atoms with van der Waals surface area (Å²) in [5.41, 5.74) is 0.929. The number of para-hydroxylation sites is 1. The van der Waals surface area contributed by atoms with Crippen LogP contribution < -0.4 is 14.4 Å². The summed E-state index contributed by atoms with van der Waals surface area (Å²) < 4.78 is 12.0. The molecule has 1 saturated heterocycles. The number of hydrogen-bond donors (Lipinski definition) is 0. The van der Waals surface area contributed by atoms with Crippen LogP contribution in [0.25, 0.3) is 10.2 Å². The van der Waals surface area contributed by atoms with Crippen molar-refractivity contribution in [1.82, 2.24) is 9.88 Å². The molecule has 0 saturated carbocycles. The molecule has 0 unspecified atom stereocenters. The minimum Gasteiger partial charge on any atom is -0.497 e. The number of amides is 1. The molecule has 1 fully saturated rings. The highest BCUT2D eigenvalue weighted by Gasteiger charge is 2.23. The second kappa shape index (κ2) is 10.2. The fourth-order valence-corrected chi connectivity index (χ4v) is 5.43. The first-order valence-electron chi connectivity index (χ1n) is 10.5. The Hall–Kier alpha value is -2.45. The van der Waals surface area contributed by atoms with Gasteiger partial charge in [-0.05, 0) is 43.3 Å². The summed E-state index contributed by atoms with van der Waals surface area (Å²) in [5.74, 6) is 2.69. The topological polar surface area (TPSA) is 54.9 Å². The van der Waals surface area contributed by atoms with Gasteiger partial charge >= 0.3 is 0 Å². The molecule has 4 rings (SSSR count). The van der Waals surface area contributed by atoms with Gasteiger partial charge in [-0.3, -0.25) is 4.79 Å². The standard InChI is InChI=1S/C23H27N3O3S2/c1-3-29-19-5-4-6-20-22(19)24-23(31-20)26-14-12-25(13-15-26)21(27)11-16-30-18-9-7-17(28-2)8-10-18/h4-10H,3,11-16H2,1-2H3. The largest absolute Gasteiger partial charge is 0.497 e. The average Bonchev–Trinajstić information content (AvgIpc) is 3.25. The minimum atomic E-state index is 0.226. The molecule has 3 aromatic rings. The van der Waals surface area contributed by atoms with Crippen molar-refractivity contribution in [3.05, 3.63) is 42.5 Å². The van der Waals surface area contributed by atoms with E-state index in [0.29, 0.717) is 13.0 Å². The van der Waals surface area contributed by atoms with Crippen LogP contribution in [-0.2, 0) is 4.79 Å². The summed E-state index contributed by atoms with van der Waals surface area (Å²) in [7, 11) is 1.66. The maximum atomic E-state index is 12.6. The van der Waals surface area contributed by atoms with Gasteiger partial charge in [0.25, 0.3) is 0 Å². The van der Waals surface area contributed by atoms with Gasteiger partial charge in [0.2, 0.25) is 5.91 Å². The third-order valence-corrected chi connectivity index (χ3v) is 7.31. The molecule has 6 nitrogen and oxygen atoms in total. The molecule has 2 aromatic carbocycles. The maximum Gasteiger partial charge on any atom is 0.223 e. The second-order valence-corrected chi connectivity index (χ2v) is 9.35. The Bertz CT molecular complexity index is 1010. The van der Waals surface area contributed by atoms with Crippen LogP contribution in [0.1, 0.15) is 13.3 Å². The number of piperazine rings is 1. The number of anilines is 1. The van der Waals surface area contributed by atoms with E-state index in [-0.39, 0.29) is 5.91 Å². The van der Waals surface area contributed by atoms with Crippen LogP contribution in [-0.4, -0.2) is 61.4 Å². The van der Waals surface area contributed by atoms with E-state index in [2.05, 4.69) is 11.0 Å². The smallest absolute Gasteiger partial charge is 0.223 e. The van der Waals surface area contributed by atoms with Crippen LogP contribution in [0.15, 0.2) is 47.4 Å². The molecule has 2 heterocycles.